The Labute approximate surface area is 72.4 Å². The minimum Gasteiger partial charge on any atom is -0.419 e. The highest BCUT2D eigenvalue weighted by molar-refractivity contribution is 5.69. The first kappa shape index (κ1) is 10.9. The van der Waals surface area contributed by atoms with Gasteiger partial charge in [-0.1, -0.05) is 20.8 Å². The fourth-order valence-corrected chi connectivity index (χ4v) is 0.748. The first-order valence-electron chi connectivity index (χ1n) is 3.77. The van der Waals surface area contributed by atoms with Crippen LogP contribution in [-0.4, -0.2) is 11.9 Å². The van der Waals surface area contributed by atoms with Gasteiger partial charge in [0, 0.05) is 13.3 Å². The van der Waals surface area contributed by atoms with Crippen molar-refractivity contribution in [2.45, 2.75) is 34.1 Å². The summed E-state index contributed by atoms with van der Waals surface area (Å²) in [5.41, 5.74) is -0.0673. The molecule has 3 nitrogen and oxygen atoms in total. The summed E-state index contributed by atoms with van der Waals surface area (Å²) in [4.78, 5) is 20.8. The number of ether oxygens (including phenoxy) is 1. The SMILES string of the molecule is CC(=O)OC(=C=O)CC(C)(C)C. The van der Waals surface area contributed by atoms with Gasteiger partial charge in [-0.15, -0.1) is 0 Å². The van der Waals surface area contributed by atoms with Crippen LogP contribution in [0.15, 0.2) is 5.76 Å². The van der Waals surface area contributed by atoms with Crippen molar-refractivity contribution in [2.24, 2.45) is 5.41 Å². The van der Waals surface area contributed by atoms with E-state index >= 15 is 0 Å². The monoisotopic (exact) mass is 170 g/mol. The Kier molecular flexibility index (Phi) is 3.71. The van der Waals surface area contributed by atoms with Gasteiger partial charge < -0.3 is 4.74 Å². The third-order valence-corrected chi connectivity index (χ3v) is 1.07. The number of carbonyl (C=O) groups excluding carboxylic acids is 2. The molecular formula is C9H14O3. The molecule has 0 N–H and O–H groups in total. The van der Waals surface area contributed by atoms with Crippen LogP contribution in [0, 0.1) is 5.41 Å². The second-order valence-electron chi connectivity index (χ2n) is 3.86. The molecule has 0 aliphatic carbocycles. The molecule has 0 aromatic heterocycles. The van der Waals surface area contributed by atoms with Gasteiger partial charge in [0.1, 0.15) is 0 Å². The lowest BCUT2D eigenvalue weighted by atomic mass is 9.91. The highest BCUT2D eigenvalue weighted by atomic mass is 16.5. The topological polar surface area (TPSA) is 43.4 Å². The molecule has 3 heteroatoms. The molecule has 0 unspecified atom stereocenters. The predicted octanol–water partition coefficient (Wildman–Crippen LogP) is 1.70. The highest BCUT2D eigenvalue weighted by Crippen LogP contribution is 2.23. The van der Waals surface area contributed by atoms with Crippen LogP contribution in [0.5, 0.6) is 0 Å². The Morgan fingerprint density at radius 2 is 1.92 bits per heavy atom. The molecule has 0 saturated heterocycles. The van der Waals surface area contributed by atoms with Gasteiger partial charge in [-0.2, -0.15) is 0 Å². The predicted molar refractivity (Wildman–Crippen MR) is 45.0 cm³/mol. The van der Waals surface area contributed by atoms with Crippen molar-refractivity contribution >= 4 is 11.9 Å². The van der Waals surface area contributed by atoms with Gasteiger partial charge in [-0.3, -0.25) is 4.79 Å². The van der Waals surface area contributed by atoms with E-state index in [2.05, 4.69) is 4.74 Å². The molecule has 0 saturated carbocycles. The van der Waals surface area contributed by atoms with Gasteiger partial charge in [-0.25, -0.2) is 4.79 Å². The zero-order valence-electron chi connectivity index (χ0n) is 7.93. The molecule has 68 valence electrons. The number of rotatable bonds is 2. The quantitative estimate of drug-likeness (QED) is 0.360. The molecular weight excluding hydrogens is 156 g/mol. The molecule has 0 aromatic rings. The number of esters is 1. The van der Waals surface area contributed by atoms with E-state index in [4.69, 9.17) is 0 Å². The molecule has 0 spiro atoms. The van der Waals surface area contributed by atoms with Crippen molar-refractivity contribution in [3.05, 3.63) is 5.76 Å². The maximum absolute atomic E-state index is 10.5. The van der Waals surface area contributed by atoms with Crippen LogP contribution in [0.4, 0.5) is 0 Å². The molecule has 12 heavy (non-hydrogen) atoms. The van der Waals surface area contributed by atoms with Gasteiger partial charge in [0.2, 0.25) is 0 Å². The van der Waals surface area contributed by atoms with Gasteiger partial charge in [0.05, 0.1) is 0 Å². The summed E-state index contributed by atoms with van der Waals surface area (Å²) in [6, 6.07) is 0. The minimum atomic E-state index is -0.474. The maximum Gasteiger partial charge on any atom is 0.308 e. The van der Waals surface area contributed by atoms with E-state index in [0.717, 1.165) is 0 Å². The third-order valence-electron chi connectivity index (χ3n) is 1.07. The fraction of sp³-hybridized carbons (Fsp3) is 0.667. The van der Waals surface area contributed by atoms with Crippen LogP contribution < -0.4 is 0 Å². The fourth-order valence-electron chi connectivity index (χ4n) is 0.748. The summed E-state index contributed by atoms with van der Waals surface area (Å²) in [6.07, 6.45) is 0.427. The smallest absolute Gasteiger partial charge is 0.308 e. The van der Waals surface area contributed by atoms with Crippen molar-refractivity contribution in [3.8, 4) is 0 Å². The van der Waals surface area contributed by atoms with Crippen molar-refractivity contribution in [1.82, 2.24) is 0 Å². The Bertz CT molecular complexity index is 216. The summed E-state index contributed by atoms with van der Waals surface area (Å²) in [5, 5.41) is 0. The normalized spacial score (nSPS) is 10.3. The molecule has 0 amide bonds. The first-order valence-corrected chi connectivity index (χ1v) is 3.77. The van der Waals surface area contributed by atoms with Gasteiger partial charge >= 0.3 is 5.97 Å². The van der Waals surface area contributed by atoms with Gasteiger partial charge in [-0.05, 0) is 5.41 Å². The minimum absolute atomic E-state index is 0.0673. The molecule has 0 aliphatic heterocycles. The number of carbonyl (C=O) groups is 1. The molecule has 0 heterocycles. The average Bonchev–Trinajstić information content (AvgIpc) is 1.82. The lowest BCUT2D eigenvalue weighted by Crippen LogP contribution is -2.10. The second-order valence-corrected chi connectivity index (χ2v) is 3.86. The van der Waals surface area contributed by atoms with Gasteiger partial charge in [0.15, 0.2) is 11.7 Å². The Hall–Kier alpha value is -1.08. The van der Waals surface area contributed by atoms with Crippen molar-refractivity contribution in [3.63, 3.8) is 0 Å². The largest absolute Gasteiger partial charge is 0.419 e. The first-order chi connectivity index (χ1) is 5.35. The molecule has 0 rings (SSSR count). The van der Waals surface area contributed by atoms with E-state index in [0.29, 0.717) is 6.42 Å². The molecule has 0 aliphatic rings. The molecule has 0 fully saturated rings. The summed E-state index contributed by atoms with van der Waals surface area (Å²) in [5.74, 6) is 1.22. The van der Waals surface area contributed by atoms with Crippen molar-refractivity contribution in [1.29, 1.82) is 0 Å². The van der Waals surface area contributed by atoms with Crippen LogP contribution in [0.2, 0.25) is 0 Å². The van der Waals surface area contributed by atoms with Gasteiger partial charge in [0.25, 0.3) is 0 Å². The van der Waals surface area contributed by atoms with E-state index in [-0.39, 0.29) is 11.2 Å². The molecule has 0 aromatic carbocycles. The van der Waals surface area contributed by atoms with Crippen LogP contribution >= 0.6 is 0 Å². The molecule has 0 radical (unpaired) electrons. The van der Waals surface area contributed by atoms with E-state index in [1.54, 1.807) is 5.94 Å². The third kappa shape index (κ3) is 5.69. The lowest BCUT2D eigenvalue weighted by molar-refractivity contribution is -0.137. The second kappa shape index (κ2) is 4.07. The van der Waals surface area contributed by atoms with Crippen molar-refractivity contribution < 1.29 is 14.3 Å². The van der Waals surface area contributed by atoms with E-state index in [1.165, 1.54) is 6.92 Å². The lowest BCUT2D eigenvalue weighted by Gasteiger charge is -2.17. The average molecular weight is 170 g/mol. The summed E-state index contributed by atoms with van der Waals surface area (Å²) >= 11 is 0. The molecule has 0 bridgehead atoms. The number of allylic oxidation sites excluding steroid dienone is 1. The van der Waals surface area contributed by atoms with Crippen LogP contribution in [0.25, 0.3) is 0 Å². The molecule has 0 atom stereocenters. The van der Waals surface area contributed by atoms with Crippen molar-refractivity contribution in [2.75, 3.05) is 0 Å². The van der Waals surface area contributed by atoms with E-state index in [1.807, 2.05) is 20.8 Å². The number of hydrogen-bond donors (Lipinski definition) is 0. The Morgan fingerprint density at radius 1 is 1.42 bits per heavy atom. The zero-order valence-corrected chi connectivity index (χ0v) is 7.93. The Balaban J connectivity index is 4.22. The standard InChI is InChI=1S/C9H14O3/c1-7(11)12-8(6-10)5-9(2,3)4/h5H2,1-4H3. The van der Waals surface area contributed by atoms with Crippen LogP contribution in [0.3, 0.4) is 0 Å². The number of hydrogen-bond acceptors (Lipinski definition) is 3. The van der Waals surface area contributed by atoms with Crippen LogP contribution in [0.1, 0.15) is 34.1 Å². The summed E-state index contributed by atoms with van der Waals surface area (Å²) < 4.78 is 4.63. The maximum atomic E-state index is 10.5. The summed E-state index contributed by atoms with van der Waals surface area (Å²) in [6.45, 7) is 7.12. The zero-order chi connectivity index (χ0) is 9.78. The van der Waals surface area contributed by atoms with E-state index in [9.17, 15) is 9.59 Å². The summed E-state index contributed by atoms with van der Waals surface area (Å²) in [7, 11) is 0. The Morgan fingerprint density at radius 3 is 2.17 bits per heavy atom. The highest BCUT2D eigenvalue weighted by Gasteiger charge is 2.16. The van der Waals surface area contributed by atoms with Crippen LogP contribution in [-0.2, 0) is 14.3 Å². The van der Waals surface area contributed by atoms with E-state index < -0.39 is 5.97 Å².